The molecule has 2 nitrogen and oxygen atoms in total. The molecule has 2 aromatic rings. The smallest absolute Gasteiger partial charge is 0.134 e. The largest absolute Gasteiger partial charge is 0.459 e. The van der Waals surface area contributed by atoms with Gasteiger partial charge in [0.2, 0.25) is 0 Å². The molecule has 1 atom stereocenters. The Bertz CT molecular complexity index is 502. The number of aryl methyl sites for hydroxylation is 1. The van der Waals surface area contributed by atoms with Crippen LogP contribution in [0.15, 0.2) is 34.7 Å². The van der Waals surface area contributed by atoms with Gasteiger partial charge in [-0.2, -0.15) is 0 Å². The number of rotatable bonds is 2. The minimum absolute atomic E-state index is 0.0821. The molecule has 0 amide bonds. The van der Waals surface area contributed by atoms with Gasteiger partial charge in [0.05, 0.1) is 6.04 Å². The van der Waals surface area contributed by atoms with Crippen molar-refractivity contribution in [1.29, 1.82) is 0 Å². The summed E-state index contributed by atoms with van der Waals surface area (Å²) in [4.78, 5) is 0. The minimum Gasteiger partial charge on any atom is -0.459 e. The molecule has 1 unspecified atom stereocenters. The normalized spacial score (nSPS) is 12.8. The van der Waals surface area contributed by atoms with Crippen molar-refractivity contribution in [2.45, 2.75) is 19.9 Å². The Kier molecular flexibility index (Phi) is 3.03. The molecule has 2 rings (SSSR count). The van der Waals surface area contributed by atoms with Crippen LogP contribution in [0.5, 0.6) is 0 Å². The maximum atomic E-state index is 5.91. The van der Waals surface area contributed by atoms with Gasteiger partial charge in [-0.1, -0.05) is 11.6 Å². The Labute approximate surface area is 100 Å². The Morgan fingerprint density at radius 2 is 2.00 bits per heavy atom. The summed E-state index contributed by atoms with van der Waals surface area (Å²) in [5, 5.41) is 0.736. The summed E-state index contributed by atoms with van der Waals surface area (Å²) in [7, 11) is 0. The van der Waals surface area contributed by atoms with E-state index in [1.165, 1.54) is 0 Å². The summed E-state index contributed by atoms with van der Waals surface area (Å²) in [6.45, 7) is 3.91. The summed E-state index contributed by atoms with van der Waals surface area (Å²) in [6, 6.07) is 9.51. The average Bonchev–Trinajstić information content (AvgIpc) is 2.66. The van der Waals surface area contributed by atoms with Crippen molar-refractivity contribution in [3.63, 3.8) is 0 Å². The topological polar surface area (TPSA) is 39.2 Å². The van der Waals surface area contributed by atoms with E-state index in [9.17, 15) is 0 Å². The van der Waals surface area contributed by atoms with Crippen LogP contribution in [0.4, 0.5) is 0 Å². The first-order valence-corrected chi connectivity index (χ1v) is 5.57. The molecule has 16 heavy (non-hydrogen) atoms. The lowest BCUT2D eigenvalue weighted by Gasteiger charge is -2.04. The van der Waals surface area contributed by atoms with E-state index in [4.69, 9.17) is 21.8 Å². The maximum absolute atomic E-state index is 5.91. The molecule has 1 heterocycles. The molecular weight excluding hydrogens is 222 g/mol. The molecule has 0 aliphatic heterocycles. The molecule has 0 bridgehead atoms. The van der Waals surface area contributed by atoms with Gasteiger partial charge in [0.25, 0.3) is 0 Å². The zero-order chi connectivity index (χ0) is 11.7. The van der Waals surface area contributed by atoms with Gasteiger partial charge in [-0.25, -0.2) is 0 Å². The molecule has 0 spiro atoms. The van der Waals surface area contributed by atoms with E-state index in [1.54, 1.807) is 0 Å². The van der Waals surface area contributed by atoms with Crippen LogP contribution in [-0.2, 0) is 0 Å². The second kappa shape index (κ2) is 4.32. The van der Waals surface area contributed by atoms with E-state index < -0.39 is 0 Å². The maximum Gasteiger partial charge on any atom is 0.134 e. The predicted octanol–water partition coefficient (Wildman–Crippen LogP) is 3.93. The molecule has 0 radical (unpaired) electrons. The number of nitrogens with two attached hydrogens (primary N) is 1. The van der Waals surface area contributed by atoms with Gasteiger partial charge in [0.1, 0.15) is 11.5 Å². The number of benzene rings is 1. The highest BCUT2D eigenvalue weighted by Gasteiger charge is 2.09. The third-order valence-electron chi connectivity index (χ3n) is 2.53. The summed E-state index contributed by atoms with van der Waals surface area (Å²) >= 11 is 5.91. The van der Waals surface area contributed by atoms with Crippen LogP contribution in [-0.4, -0.2) is 0 Å². The Morgan fingerprint density at radius 1 is 1.25 bits per heavy atom. The minimum atomic E-state index is -0.0821. The first-order valence-electron chi connectivity index (χ1n) is 5.20. The van der Waals surface area contributed by atoms with Crippen molar-refractivity contribution in [1.82, 2.24) is 0 Å². The van der Waals surface area contributed by atoms with Gasteiger partial charge in [-0.15, -0.1) is 0 Å². The molecule has 2 N–H and O–H groups in total. The first kappa shape index (κ1) is 11.2. The monoisotopic (exact) mass is 235 g/mol. The van der Waals surface area contributed by atoms with Crippen LogP contribution in [0.25, 0.3) is 11.3 Å². The lowest BCUT2D eigenvalue weighted by molar-refractivity contribution is 0.491. The third-order valence-corrected chi connectivity index (χ3v) is 2.76. The zero-order valence-corrected chi connectivity index (χ0v) is 10.1. The van der Waals surface area contributed by atoms with Gasteiger partial charge in [-0.05, 0) is 49.7 Å². The van der Waals surface area contributed by atoms with Crippen LogP contribution in [0.2, 0.25) is 5.02 Å². The quantitative estimate of drug-likeness (QED) is 0.857. The fourth-order valence-electron chi connectivity index (χ4n) is 1.65. The van der Waals surface area contributed by atoms with E-state index in [-0.39, 0.29) is 6.04 Å². The van der Waals surface area contributed by atoms with Crippen LogP contribution < -0.4 is 5.73 Å². The summed E-state index contributed by atoms with van der Waals surface area (Å²) in [5.41, 5.74) is 7.90. The molecule has 84 valence electrons. The van der Waals surface area contributed by atoms with Crippen LogP contribution in [0.3, 0.4) is 0 Å². The molecule has 0 fully saturated rings. The van der Waals surface area contributed by atoms with E-state index in [0.717, 1.165) is 27.7 Å². The van der Waals surface area contributed by atoms with Gasteiger partial charge in [0.15, 0.2) is 0 Å². The fourth-order valence-corrected chi connectivity index (χ4v) is 1.87. The summed E-state index contributed by atoms with van der Waals surface area (Å²) < 4.78 is 5.68. The Morgan fingerprint density at radius 3 is 2.56 bits per heavy atom. The fraction of sp³-hybridized carbons (Fsp3) is 0.231. The van der Waals surface area contributed by atoms with Crippen molar-refractivity contribution >= 4 is 11.6 Å². The highest BCUT2D eigenvalue weighted by molar-refractivity contribution is 6.30. The molecule has 1 aromatic heterocycles. The van der Waals surface area contributed by atoms with E-state index in [0.29, 0.717) is 0 Å². The number of halogens is 1. The second-order valence-corrected chi connectivity index (χ2v) is 4.39. The van der Waals surface area contributed by atoms with E-state index in [1.807, 2.05) is 44.2 Å². The van der Waals surface area contributed by atoms with Crippen LogP contribution in [0.1, 0.15) is 24.3 Å². The van der Waals surface area contributed by atoms with Crippen molar-refractivity contribution in [2.24, 2.45) is 5.73 Å². The summed E-state index contributed by atoms with van der Waals surface area (Å²) in [5.74, 6) is 1.63. The lowest BCUT2D eigenvalue weighted by atomic mass is 10.1. The average molecular weight is 236 g/mol. The van der Waals surface area contributed by atoms with Crippen LogP contribution >= 0.6 is 11.6 Å². The Balaban J connectivity index is 2.42. The predicted molar refractivity (Wildman–Crippen MR) is 66.5 cm³/mol. The SMILES string of the molecule is Cc1cc(Cl)ccc1-c1ccc(C(C)N)o1. The molecule has 1 aromatic carbocycles. The van der Waals surface area contributed by atoms with Gasteiger partial charge in [0, 0.05) is 10.6 Å². The lowest BCUT2D eigenvalue weighted by Crippen LogP contribution is -2.02. The third kappa shape index (κ3) is 2.13. The second-order valence-electron chi connectivity index (χ2n) is 3.95. The summed E-state index contributed by atoms with van der Waals surface area (Å²) in [6.07, 6.45) is 0. The number of furan rings is 1. The zero-order valence-electron chi connectivity index (χ0n) is 9.33. The van der Waals surface area contributed by atoms with Crippen molar-refractivity contribution in [2.75, 3.05) is 0 Å². The van der Waals surface area contributed by atoms with Gasteiger partial charge < -0.3 is 10.2 Å². The molecule has 0 saturated carbocycles. The molecule has 0 saturated heterocycles. The van der Waals surface area contributed by atoms with E-state index in [2.05, 4.69) is 0 Å². The highest BCUT2D eigenvalue weighted by Crippen LogP contribution is 2.28. The highest BCUT2D eigenvalue weighted by atomic mass is 35.5. The van der Waals surface area contributed by atoms with Gasteiger partial charge in [-0.3, -0.25) is 0 Å². The van der Waals surface area contributed by atoms with Crippen molar-refractivity contribution in [3.05, 3.63) is 46.7 Å². The molecule has 0 aliphatic rings. The molecular formula is C13H14ClNO. The van der Waals surface area contributed by atoms with Crippen LogP contribution in [0, 0.1) is 6.92 Å². The number of hydrogen-bond donors (Lipinski definition) is 1. The Hall–Kier alpha value is -1.25. The van der Waals surface area contributed by atoms with Crippen molar-refractivity contribution < 1.29 is 4.42 Å². The standard InChI is InChI=1S/C13H14ClNO/c1-8-7-10(14)3-4-11(8)13-6-5-12(16-13)9(2)15/h3-7,9H,15H2,1-2H3. The van der Waals surface area contributed by atoms with Crippen molar-refractivity contribution in [3.8, 4) is 11.3 Å². The van der Waals surface area contributed by atoms with E-state index >= 15 is 0 Å². The first-order chi connectivity index (χ1) is 7.58. The number of hydrogen-bond acceptors (Lipinski definition) is 2. The van der Waals surface area contributed by atoms with Gasteiger partial charge >= 0.3 is 0 Å². The molecule has 0 aliphatic carbocycles. The molecule has 3 heteroatoms.